The van der Waals surface area contributed by atoms with Crippen LogP contribution in [-0.4, -0.2) is 29.9 Å². The van der Waals surface area contributed by atoms with Gasteiger partial charge in [-0.2, -0.15) is 0 Å². The third kappa shape index (κ3) is 1.77. The van der Waals surface area contributed by atoms with E-state index in [1.165, 1.54) is 17.3 Å². The van der Waals surface area contributed by atoms with E-state index in [9.17, 15) is 4.79 Å². The molecule has 0 unspecified atom stereocenters. The van der Waals surface area contributed by atoms with Crippen LogP contribution in [0.2, 0.25) is 0 Å². The Morgan fingerprint density at radius 2 is 2.36 bits per heavy atom. The highest BCUT2D eigenvalue weighted by Gasteiger charge is 2.05. The van der Waals surface area contributed by atoms with Crippen molar-refractivity contribution in [3.8, 4) is 0 Å². The zero-order valence-electron chi connectivity index (χ0n) is 6.53. The molecule has 0 aliphatic carbocycles. The third-order valence-corrected chi connectivity index (χ3v) is 1.25. The molecule has 1 amide bonds. The van der Waals surface area contributed by atoms with E-state index in [2.05, 4.69) is 11.1 Å². The van der Waals surface area contributed by atoms with Crippen molar-refractivity contribution in [2.24, 2.45) is 0 Å². The van der Waals surface area contributed by atoms with Crippen LogP contribution in [0.4, 0.5) is 0 Å². The molecule has 0 saturated carbocycles. The monoisotopic (exact) mass is 149 g/mol. The number of carbonyl (C=O) groups excluding carboxylic acids is 1. The quantitative estimate of drug-likeness (QED) is 0.585. The summed E-state index contributed by atoms with van der Waals surface area (Å²) in [6.07, 6.45) is 3.05. The van der Waals surface area contributed by atoms with E-state index >= 15 is 0 Å². The first-order valence-electron chi connectivity index (χ1n) is 3.24. The molecule has 1 radical (unpaired) electrons. The first-order chi connectivity index (χ1) is 5.22. The maximum absolute atomic E-state index is 11.2. The molecular formula is C8H9N2O. The summed E-state index contributed by atoms with van der Waals surface area (Å²) < 4.78 is 0. The second-order valence-corrected chi connectivity index (χ2v) is 2.37. The van der Waals surface area contributed by atoms with E-state index in [0.717, 1.165) is 0 Å². The minimum atomic E-state index is -0.0469. The minimum absolute atomic E-state index is 0.0469. The first kappa shape index (κ1) is 7.72. The van der Waals surface area contributed by atoms with Crippen LogP contribution in [0.25, 0.3) is 0 Å². The van der Waals surface area contributed by atoms with Gasteiger partial charge in [0.2, 0.25) is 0 Å². The Kier molecular flexibility index (Phi) is 2.21. The molecular weight excluding hydrogens is 140 g/mol. The number of amides is 1. The second kappa shape index (κ2) is 3.14. The van der Waals surface area contributed by atoms with E-state index in [1.54, 1.807) is 20.2 Å². The van der Waals surface area contributed by atoms with Gasteiger partial charge >= 0.3 is 0 Å². The van der Waals surface area contributed by atoms with Gasteiger partial charge in [0.25, 0.3) is 5.91 Å². The van der Waals surface area contributed by atoms with Crippen molar-refractivity contribution in [2.45, 2.75) is 0 Å². The van der Waals surface area contributed by atoms with E-state index in [0.29, 0.717) is 5.56 Å². The molecule has 11 heavy (non-hydrogen) atoms. The predicted molar refractivity (Wildman–Crippen MR) is 41.1 cm³/mol. The summed E-state index contributed by atoms with van der Waals surface area (Å²) in [5, 5.41) is 0. The van der Waals surface area contributed by atoms with E-state index in [-0.39, 0.29) is 5.91 Å². The van der Waals surface area contributed by atoms with Crippen molar-refractivity contribution in [3.05, 3.63) is 30.1 Å². The Labute approximate surface area is 65.7 Å². The number of nitrogens with zero attached hydrogens (tertiary/aromatic N) is 2. The SMILES string of the molecule is CN(C)C(=O)c1c[c]cnc1. The molecule has 0 atom stereocenters. The van der Waals surface area contributed by atoms with Gasteiger partial charge in [-0.15, -0.1) is 0 Å². The molecule has 1 aromatic heterocycles. The fourth-order valence-corrected chi connectivity index (χ4v) is 0.700. The molecule has 0 N–H and O–H groups in total. The number of hydrogen-bond donors (Lipinski definition) is 0. The van der Waals surface area contributed by atoms with Crippen molar-refractivity contribution >= 4 is 5.91 Å². The van der Waals surface area contributed by atoms with Crippen molar-refractivity contribution in [2.75, 3.05) is 14.1 Å². The fourth-order valence-electron chi connectivity index (χ4n) is 0.700. The van der Waals surface area contributed by atoms with Crippen LogP contribution in [-0.2, 0) is 0 Å². The molecule has 0 bridgehead atoms. The zero-order valence-corrected chi connectivity index (χ0v) is 6.53. The summed E-state index contributed by atoms with van der Waals surface area (Å²) in [5.74, 6) is -0.0469. The molecule has 57 valence electrons. The highest BCUT2D eigenvalue weighted by molar-refractivity contribution is 5.93. The number of rotatable bonds is 1. The van der Waals surface area contributed by atoms with Crippen LogP contribution in [0, 0.1) is 6.07 Å². The van der Waals surface area contributed by atoms with Crippen LogP contribution in [0.5, 0.6) is 0 Å². The normalized spacial score (nSPS) is 9.27. The molecule has 0 aliphatic rings. The smallest absolute Gasteiger partial charge is 0.254 e. The Hall–Kier alpha value is -1.38. The molecule has 0 spiro atoms. The van der Waals surface area contributed by atoms with Crippen LogP contribution in [0.3, 0.4) is 0 Å². The number of carbonyl (C=O) groups is 1. The molecule has 1 heterocycles. The van der Waals surface area contributed by atoms with Gasteiger partial charge < -0.3 is 4.90 Å². The van der Waals surface area contributed by atoms with Crippen molar-refractivity contribution < 1.29 is 4.79 Å². The summed E-state index contributed by atoms with van der Waals surface area (Å²) in [5.41, 5.74) is 0.567. The van der Waals surface area contributed by atoms with Crippen molar-refractivity contribution in [1.29, 1.82) is 0 Å². The Balaban J connectivity index is 2.86. The molecule has 0 saturated heterocycles. The van der Waals surface area contributed by atoms with Crippen molar-refractivity contribution in [1.82, 2.24) is 9.88 Å². The first-order valence-corrected chi connectivity index (χ1v) is 3.24. The topological polar surface area (TPSA) is 33.2 Å². The standard InChI is InChI=1S/C8H9N2O/c1-10(2)8(11)7-4-3-5-9-6-7/h4-6H,1-2H3. The van der Waals surface area contributed by atoms with Gasteiger partial charge in [0.05, 0.1) is 5.56 Å². The van der Waals surface area contributed by atoms with Gasteiger partial charge in [0, 0.05) is 32.6 Å². The minimum Gasteiger partial charge on any atom is -0.345 e. The van der Waals surface area contributed by atoms with Gasteiger partial charge in [-0.25, -0.2) is 0 Å². The molecule has 0 fully saturated rings. The summed E-state index contributed by atoms with van der Waals surface area (Å²) in [4.78, 5) is 16.5. The average molecular weight is 149 g/mol. The number of hydrogen-bond acceptors (Lipinski definition) is 2. The van der Waals surface area contributed by atoms with Crippen LogP contribution >= 0.6 is 0 Å². The fraction of sp³-hybridized carbons (Fsp3) is 0.250. The summed E-state index contributed by atoms with van der Waals surface area (Å²) in [7, 11) is 3.41. The van der Waals surface area contributed by atoms with Crippen LogP contribution in [0.1, 0.15) is 10.4 Å². The lowest BCUT2D eigenvalue weighted by Crippen LogP contribution is -2.21. The Bertz CT molecular complexity index is 244. The van der Waals surface area contributed by atoms with Gasteiger partial charge in [0.1, 0.15) is 0 Å². The maximum atomic E-state index is 11.2. The van der Waals surface area contributed by atoms with Gasteiger partial charge in [0.15, 0.2) is 0 Å². The molecule has 0 aromatic carbocycles. The molecule has 3 nitrogen and oxygen atoms in total. The summed E-state index contributed by atoms with van der Waals surface area (Å²) in [6.45, 7) is 0. The Morgan fingerprint density at radius 1 is 1.64 bits per heavy atom. The van der Waals surface area contributed by atoms with Gasteiger partial charge in [-0.1, -0.05) is 0 Å². The number of aromatic nitrogens is 1. The largest absolute Gasteiger partial charge is 0.345 e. The average Bonchev–Trinajstić information content (AvgIpc) is 2.05. The van der Waals surface area contributed by atoms with Gasteiger partial charge in [-0.05, 0) is 6.07 Å². The summed E-state index contributed by atoms with van der Waals surface area (Å²) >= 11 is 0. The van der Waals surface area contributed by atoms with Crippen molar-refractivity contribution in [3.63, 3.8) is 0 Å². The highest BCUT2D eigenvalue weighted by Crippen LogP contribution is 1.97. The molecule has 1 rings (SSSR count). The molecule has 0 aliphatic heterocycles. The van der Waals surface area contributed by atoms with Gasteiger partial charge in [-0.3, -0.25) is 9.78 Å². The van der Waals surface area contributed by atoms with E-state index in [1.807, 2.05) is 0 Å². The lowest BCUT2D eigenvalue weighted by molar-refractivity contribution is 0.0827. The zero-order chi connectivity index (χ0) is 8.27. The highest BCUT2D eigenvalue weighted by atomic mass is 16.2. The predicted octanol–water partition coefficient (Wildman–Crippen LogP) is 0.584. The van der Waals surface area contributed by atoms with E-state index in [4.69, 9.17) is 0 Å². The van der Waals surface area contributed by atoms with Crippen LogP contribution in [0.15, 0.2) is 18.5 Å². The van der Waals surface area contributed by atoms with E-state index < -0.39 is 0 Å². The number of pyridine rings is 1. The second-order valence-electron chi connectivity index (χ2n) is 2.37. The lowest BCUT2D eigenvalue weighted by Gasteiger charge is -2.08. The molecule has 1 aromatic rings. The molecule has 3 heteroatoms. The van der Waals surface area contributed by atoms with Crippen LogP contribution < -0.4 is 0 Å². The third-order valence-electron chi connectivity index (χ3n) is 1.25. The Morgan fingerprint density at radius 3 is 2.82 bits per heavy atom. The summed E-state index contributed by atoms with van der Waals surface area (Å²) in [6, 6.07) is 4.36. The lowest BCUT2D eigenvalue weighted by atomic mass is 10.2. The maximum Gasteiger partial charge on any atom is 0.254 e.